The zero-order valence-corrected chi connectivity index (χ0v) is 14.9. The minimum Gasteiger partial charge on any atom is -0.504 e. The predicted molar refractivity (Wildman–Crippen MR) is 103 cm³/mol. The largest absolute Gasteiger partial charge is 0.504 e. The maximum atomic E-state index is 12.9. The van der Waals surface area contributed by atoms with Crippen molar-refractivity contribution in [2.24, 2.45) is 4.99 Å². The van der Waals surface area contributed by atoms with Gasteiger partial charge in [-0.05, 0) is 42.5 Å². The molecule has 4 nitrogen and oxygen atoms in total. The monoisotopic (exact) mass is 385 g/mol. The van der Waals surface area contributed by atoms with Crippen LogP contribution in [0.15, 0.2) is 65.7 Å². The number of para-hydroxylation sites is 1. The highest BCUT2D eigenvalue weighted by Gasteiger charge is 2.16. The van der Waals surface area contributed by atoms with Crippen molar-refractivity contribution in [1.82, 2.24) is 0 Å². The summed E-state index contributed by atoms with van der Waals surface area (Å²) in [5, 5.41) is 20.1. The summed E-state index contributed by atoms with van der Waals surface area (Å²) in [6.45, 7) is 0. The first-order chi connectivity index (χ1) is 12.5. The molecule has 0 unspecified atom stereocenters. The van der Waals surface area contributed by atoms with Crippen molar-refractivity contribution >= 4 is 40.9 Å². The number of phenols is 2. The van der Waals surface area contributed by atoms with E-state index in [4.69, 9.17) is 23.2 Å². The first-order valence-corrected chi connectivity index (χ1v) is 8.37. The lowest BCUT2D eigenvalue weighted by Gasteiger charge is -2.08. The van der Waals surface area contributed by atoms with Crippen LogP contribution in [0.3, 0.4) is 0 Å². The van der Waals surface area contributed by atoms with E-state index < -0.39 is 0 Å². The number of carbonyl (C=O) groups is 1. The molecule has 6 heteroatoms. The molecule has 0 saturated carbocycles. The van der Waals surface area contributed by atoms with Gasteiger partial charge in [0.15, 0.2) is 17.3 Å². The van der Waals surface area contributed by atoms with Gasteiger partial charge in [0.2, 0.25) is 0 Å². The van der Waals surface area contributed by atoms with Crippen LogP contribution in [0.25, 0.3) is 0 Å². The molecule has 0 spiro atoms. The number of phenolic OH excluding ortho intramolecular Hbond substituents is 2. The van der Waals surface area contributed by atoms with E-state index >= 15 is 0 Å². The maximum Gasteiger partial charge on any atom is 0.196 e. The molecule has 0 amide bonds. The van der Waals surface area contributed by atoms with Crippen molar-refractivity contribution in [3.63, 3.8) is 0 Å². The fourth-order valence-electron chi connectivity index (χ4n) is 2.39. The van der Waals surface area contributed by atoms with Crippen molar-refractivity contribution in [1.29, 1.82) is 0 Å². The van der Waals surface area contributed by atoms with Crippen LogP contribution in [-0.2, 0) is 0 Å². The summed E-state index contributed by atoms with van der Waals surface area (Å²) in [5.41, 5.74) is 1.30. The van der Waals surface area contributed by atoms with Gasteiger partial charge in [-0.15, -0.1) is 0 Å². The van der Waals surface area contributed by atoms with E-state index in [1.54, 1.807) is 48.5 Å². The maximum absolute atomic E-state index is 12.9. The second-order valence-electron chi connectivity index (χ2n) is 5.44. The van der Waals surface area contributed by atoms with Crippen molar-refractivity contribution in [3.8, 4) is 11.5 Å². The molecule has 3 aromatic carbocycles. The highest BCUT2D eigenvalue weighted by Crippen LogP contribution is 2.30. The van der Waals surface area contributed by atoms with Gasteiger partial charge in [-0.1, -0.05) is 41.4 Å². The first kappa shape index (κ1) is 18.0. The molecule has 0 heterocycles. The van der Waals surface area contributed by atoms with Crippen molar-refractivity contribution < 1.29 is 15.0 Å². The first-order valence-electron chi connectivity index (χ1n) is 7.61. The Labute approximate surface area is 160 Å². The number of aliphatic imine (C=N–C) groups is 1. The van der Waals surface area contributed by atoms with Crippen LogP contribution in [0.5, 0.6) is 11.5 Å². The molecule has 3 aromatic rings. The van der Waals surface area contributed by atoms with Gasteiger partial charge in [-0.25, -0.2) is 0 Å². The third-order valence-electron chi connectivity index (χ3n) is 3.71. The molecule has 2 N–H and O–H groups in total. The van der Waals surface area contributed by atoms with Gasteiger partial charge in [0.1, 0.15) is 0 Å². The van der Waals surface area contributed by atoms with E-state index in [-0.39, 0.29) is 22.8 Å². The molecule has 0 radical (unpaired) electrons. The number of aromatic hydroxyl groups is 2. The lowest BCUT2D eigenvalue weighted by molar-refractivity contribution is 0.103. The number of nitrogens with zero attached hydrogens (tertiary/aromatic N) is 1. The third-order valence-corrected chi connectivity index (χ3v) is 4.28. The van der Waals surface area contributed by atoms with Crippen LogP contribution in [0.4, 0.5) is 5.69 Å². The number of hydrogen-bond donors (Lipinski definition) is 2. The number of halogens is 2. The van der Waals surface area contributed by atoms with Gasteiger partial charge >= 0.3 is 0 Å². The second-order valence-corrected chi connectivity index (χ2v) is 6.29. The van der Waals surface area contributed by atoms with E-state index in [2.05, 4.69) is 4.99 Å². The summed E-state index contributed by atoms with van der Waals surface area (Å²) in [6.07, 6.45) is 1.36. The number of hydrogen-bond acceptors (Lipinski definition) is 4. The van der Waals surface area contributed by atoms with Gasteiger partial charge < -0.3 is 10.2 Å². The van der Waals surface area contributed by atoms with E-state index in [0.717, 1.165) is 0 Å². The van der Waals surface area contributed by atoms with Crippen molar-refractivity contribution in [3.05, 3.63) is 87.4 Å². The Balaban J connectivity index is 2.04. The molecule has 0 atom stereocenters. The smallest absolute Gasteiger partial charge is 0.196 e. The zero-order chi connectivity index (χ0) is 18.7. The number of ketones is 1. The van der Waals surface area contributed by atoms with Gasteiger partial charge in [0.25, 0.3) is 0 Å². The van der Waals surface area contributed by atoms with Crippen molar-refractivity contribution in [2.75, 3.05) is 0 Å². The van der Waals surface area contributed by atoms with Gasteiger partial charge in [-0.2, -0.15) is 0 Å². The lowest BCUT2D eigenvalue weighted by atomic mass is 10.0. The topological polar surface area (TPSA) is 69.9 Å². The Kier molecular flexibility index (Phi) is 5.26. The summed E-state index contributed by atoms with van der Waals surface area (Å²) in [7, 11) is 0. The Morgan fingerprint density at radius 3 is 2.46 bits per heavy atom. The van der Waals surface area contributed by atoms with Crippen LogP contribution in [0.2, 0.25) is 10.0 Å². The molecule has 0 aliphatic heterocycles. The van der Waals surface area contributed by atoms with E-state index in [1.165, 1.54) is 18.3 Å². The molecule has 0 aliphatic rings. The molecule has 0 bridgehead atoms. The highest BCUT2D eigenvalue weighted by atomic mass is 35.5. The van der Waals surface area contributed by atoms with Gasteiger partial charge in [0, 0.05) is 27.9 Å². The molecular formula is C20H13Cl2NO3. The van der Waals surface area contributed by atoms with E-state index in [0.29, 0.717) is 26.9 Å². The fraction of sp³-hybridized carbons (Fsp3) is 0. The average molecular weight is 386 g/mol. The van der Waals surface area contributed by atoms with Gasteiger partial charge in [0.05, 0.1) is 10.7 Å². The predicted octanol–water partition coefficient (Wildman–Crippen LogP) is 5.39. The Bertz CT molecular complexity index is 1020. The zero-order valence-electron chi connectivity index (χ0n) is 13.4. The summed E-state index contributed by atoms with van der Waals surface area (Å²) in [5.74, 6) is -0.855. The molecular weight excluding hydrogens is 373 g/mol. The number of benzene rings is 3. The van der Waals surface area contributed by atoms with Crippen LogP contribution < -0.4 is 0 Å². The minimum atomic E-state index is -0.314. The molecule has 26 heavy (non-hydrogen) atoms. The normalized spacial score (nSPS) is 11.0. The lowest BCUT2D eigenvalue weighted by Crippen LogP contribution is -2.02. The summed E-state index contributed by atoms with van der Waals surface area (Å²) < 4.78 is 0. The summed E-state index contributed by atoms with van der Waals surface area (Å²) in [4.78, 5) is 17.1. The number of carbonyl (C=O) groups excluding carboxylic acids is 1. The quantitative estimate of drug-likeness (QED) is 0.359. The van der Waals surface area contributed by atoms with E-state index in [1.807, 2.05) is 0 Å². The molecule has 0 aliphatic carbocycles. The van der Waals surface area contributed by atoms with E-state index in [9.17, 15) is 15.0 Å². The standard InChI is InChI=1S/C20H13Cl2NO3/c21-13-8-9-17(23-11-12-4-3-7-18(24)19(12)25)15(10-13)20(26)14-5-1-2-6-16(14)22/h1-11,24-25H. The highest BCUT2D eigenvalue weighted by molar-refractivity contribution is 6.35. The fourth-order valence-corrected chi connectivity index (χ4v) is 2.78. The van der Waals surface area contributed by atoms with Gasteiger partial charge in [-0.3, -0.25) is 9.79 Å². The Morgan fingerprint density at radius 1 is 0.923 bits per heavy atom. The van der Waals surface area contributed by atoms with Crippen LogP contribution in [0, 0.1) is 0 Å². The molecule has 0 fully saturated rings. The molecule has 0 aromatic heterocycles. The average Bonchev–Trinajstić information content (AvgIpc) is 2.63. The van der Waals surface area contributed by atoms with Crippen molar-refractivity contribution in [2.45, 2.75) is 0 Å². The second kappa shape index (κ2) is 7.60. The Morgan fingerprint density at radius 2 is 1.69 bits per heavy atom. The van der Waals surface area contributed by atoms with Crippen LogP contribution >= 0.6 is 23.2 Å². The van der Waals surface area contributed by atoms with Crippen LogP contribution in [-0.4, -0.2) is 22.2 Å². The summed E-state index contributed by atoms with van der Waals surface area (Å²) >= 11 is 12.2. The number of rotatable bonds is 4. The third kappa shape index (κ3) is 3.72. The minimum absolute atomic E-state index is 0.252. The SMILES string of the molecule is O=C(c1ccccc1Cl)c1cc(Cl)ccc1N=Cc1cccc(O)c1O. The summed E-state index contributed by atoms with van der Waals surface area (Å²) in [6, 6.07) is 16.0. The Hall–Kier alpha value is -2.82. The molecule has 0 saturated heterocycles. The molecule has 130 valence electrons. The molecule has 3 rings (SSSR count). The van der Waals surface area contributed by atoms with Crippen LogP contribution in [0.1, 0.15) is 21.5 Å².